The standard InChI is InChI=1S/C18H25NO3S/c1-18(2,3)11-7-8-12-13(9-11)23-16(14(12)17(21)22-4)19-15(20)10-5-6-10/h10-11H,5-9H2,1-4H3,(H,19,20)/t11-/m1/s1. The highest BCUT2D eigenvalue weighted by Gasteiger charge is 2.36. The monoisotopic (exact) mass is 335 g/mol. The molecule has 0 aromatic carbocycles. The molecule has 2 aliphatic carbocycles. The molecule has 1 heterocycles. The third kappa shape index (κ3) is 3.30. The number of hydrogen-bond acceptors (Lipinski definition) is 4. The Labute approximate surface area is 141 Å². The Kier molecular flexibility index (Phi) is 4.25. The Morgan fingerprint density at radius 3 is 2.48 bits per heavy atom. The van der Waals surface area contributed by atoms with Crippen LogP contribution in [0.5, 0.6) is 0 Å². The van der Waals surface area contributed by atoms with Crippen molar-refractivity contribution in [2.24, 2.45) is 17.3 Å². The summed E-state index contributed by atoms with van der Waals surface area (Å²) in [5.74, 6) is 0.442. The van der Waals surface area contributed by atoms with E-state index in [-0.39, 0.29) is 23.2 Å². The van der Waals surface area contributed by atoms with Crippen LogP contribution in [-0.4, -0.2) is 19.0 Å². The summed E-state index contributed by atoms with van der Waals surface area (Å²) in [4.78, 5) is 25.6. The molecule has 1 N–H and O–H groups in total. The first-order chi connectivity index (χ1) is 10.8. The molecule has 1 fully saturated rings. The van der Waals surface area contributed by atoms with Gasteiger partial charge in [-0.25, -0.2) is 4.79 Å². The fourth-order valence-corrected chi connectivity index (χ4v) is 4.61. The van der Waals surface area contributed by atoms with Gasteiger partial charge >= 0.3 is 5.97 Å². The van der Waals surface area contributed by atoms with Crippen LogP contribution in [0.4, 0.5) is 5.00 Å². The van der Waals surface area contributed by atoms with Gasteiger partial charge in [-0.05, 0) is 49.0 Å². The molecule has 5 heteroatoms. The van der Waals surface area contributed by atoms with Gasteiger partial charge in [0.15, 0.2) is 0 Å². The molecule has 0 radical (unpaired) electrons. The summed E-state index contributed by atoms with van der Waals surface area (Å²) in [6.45, 7) is 6.81. The van der Waals surface area contributed by atoms with E-state index in [1.54, 1.807) is 11.3 Å². The van der Waals surface area contributed by atoms with Crippen molar-refractivity contribution in [2.45, 2.75) is 52.9 Å². The molecule has 1 aromatic heterocycles. The molecule has 1 saturated carbocycles. The van der Waals surface area contributed by atoms with Crippen LogP contribution in [0.3, 0.4) is 0 Å². The first kappa shape index (κ1) is 16.5. The molecule has 126 valence electrons. The van der Waals surface area contributed by atoms with Crippen LogP contribution in [0.2, 0.25) is 0 Å². The van der Waals surface area contributed by atoms with E-state index in [9.17, 15) is 9.59 Å². The molecule has 0 unspecified atom stereocenters. The van der Waals surface area contributed by atoms with Gasteiger partial charge in [-0.15, -0.1) is 11.3 Å². The molecule has 0 bridgehead atoms. The predicted molar refractivity (Wildman–Crippen MR) is 92.0 cm³/mol. The highest BCUT2D eigenvalue weighted by Crippen LogP contribution is 2.45. The topological polar surface area (TPSA) is 55.4 Å². The lowest BCUT2D eigenvalue weighted by Crippen LogP contribution is -2.26. The normalized spacial score (nSPS) is 20.8. The fourth-order valence-electron chi connectivity index (χ4n) is 3.29. The van der Waals surface area contributed by atoms with Crippen molar-refractivity contribution >= 4 is 28.2 Å². The molecular weight excluding hydrogens is 310 g/mol. The van der Waals surface area contributed by atoms with Crippen molar-refractivity contribution in [3.05, 3.63) is 16.0 Å². The first-order valence-corrected chi connectivity index (χ1v) is 9.16. The van der Waals surface area contributed by atoms with E-state index in [1.807, 2.05) is 0 Å². The van der Waals surface area contributed by atoms with Crippen LogP contribution in [0.25, 0.3) is 0 Å². The zero-order chi connectivity index (χ0) is 16.8. The summed E-state index contributed by atoms with van der Waals surface area (Å²) in [7, 11) is 1.40. The average Bonchev–Trinajstić information content (AvgIpc) is 3.27. The highest BCUT2D eigenvalue weighted by atomic mass is 32.1. The molecule has 1 aromatic rings. The maximum absolute atomic E-state index is 12.2. The molecular formula is C18H25NO3S. The van der Waals surface area contributed by atoms with Crippen molar-refractivity contribution in [3.63, 3.8) is 0 Å². The molecule has 3 rings (SSSR count). The molecule has 0 saturated heterocycles. The minimum absolute atomic E-state index is 0.0427. The quantitative estimate of drug-likeness (QED) is 0.848. The Balaban J connectivity index is 1.92. The SMILES string of the molecule is COC(=O)c1c(NC(=O)C2CC2)sc2c1CC[C@@H](C(C)(C)C)C2. The second-order valence-electron chi connectivity index (χ2n) is 7.77. The minimum atomic E-state index is -0.331. The van der Waals surface area contributed by atoms with Crippen LogP contribution in [0.15, 0.2) is 0 Å². The summed E-state index contributed by atoms with van der Waals surface area (Å²) in [6.07, 6.45) is 4.85. The number of amides is 1. The van der Waals surface area contributed by atoms with Crippen molar-refractivity contribution < 1.29 is 14.3 Å². The van der Waals surface area contributed by atoms with E-state index in [2.05, 4.69) is 26.1 Å². The van der Waals surface area contributed by atoms with E-state index < -0.39 is 0 Å². The van der Waals surface area contributed by atoms with Crippen molar-refractivity contribution in [1.82, 2.24) is 0 Å². The summed E-state index contributed by atoms with van der Waals surface area (Å²) < 4.78 is 4.97. The predicted octanol–water partition coefficient (Wildman–Crippen LogP) is 4.03. The number of methoxy groups -OCH3 is 1. The van der Waals surface area contributed by atoms with Gasteiger partial charge in [-0.1, -0.05) is 20.8 Å². The number of nitrogens with one attached hydrogen (secondary N) is 1. The second-order valence-corrected chi connectivity index (χ2v) is 8.87. The van der Waals surface area contributed by atoms with Crippen molar-refractivity contribution in [2.75, 3.05) is 12.4 Å². The number of anilines is 1. The summed E-state index contributed by atoms with van der Waals surface area (Å²) in [6, 6.07) is 0. The minimum Gasteiger partial charge on any atom is -0.465 e. The van der Waals surface area contributed by atoms with E-state index in [0.717, 1.165) is 37.7 Å². The van der Waals surface area contributed by atoms with Crippen LogP contribution >= 0.6 is 11.3 Å². The molecule has 1 atom stereocenters. The Hall–Kier alpha value is -1.36. The van der Waals surface area contributed by atoms with Crippen LogP contribution in [0, 0.1) is 17.3 Å². The summed E-state index contributed by atoms with van der Waals surface area (Å²) in [5.41, 5.74) is 1.94. The van der Waals surface area contributed by atoms with E-state index >= 15 is 0 Å². The second kappa shape index (κ2) is 5.93. The fraction of sp³-hybridized carbons (Fsp3) is 0.667. The van der Waals surface area contributed by atoms with Gasteiger partial charge in [0.25, 0.3) is 0 Å². The van der Waals surface area contributed by atoms with Gasteiger partial charge in [0.2, 0.25) is 5.91 Å². The van der Waals surface area contributed by atoms with Gasteiger partial charge in [0.05, 0.1) is 12.7 Å². The third-order valence-electron chi connectivity index (χ3n) is 5.06. The number of ether oxygens (including phenoxy) is 1. The smallest absolute Gasteiger partial charge is 0.341 e. The van der Waals surface area contributed by atoms with E-state index in [0.29, 0.717) is 16.5 Å². The van der Waals surface area contributed by atoms with E-state index in [4.69, 9.17) is 4.74 Å². The van der Waals surface area contributed by atoms with Crippen LogP contribution < -0.4 is 5.32 Å². The molecule has 0 spiro atoms. The molecule has 1 amide bonds. The maximum Gasteiger partial charge on any atom is 0.341 e. The number of hydrogen-bond donors (Lipinski definition) is 1. The Morgan fingerprint density at radius 2 is 1.91 bits per heavy atom. The van der Waals surface area contributed by atoms with Gasteiger partial charge in [0, 0.05) is 10.8 Å². The van der Waals surface area contributed by atoms with Gasteiger partial charge in [-0.3, -0.25) is 4.79 Å². The van der Waals surface area contributed by atoms with Crippen molar-refractivity contribution in [3.8, 4) is 0 Å². The third-order valence-corrected chi connectivity index (χ3v) is 6.23. The van der Waals surface area contributed by atoms with Gasteiger partial charge < -0.3 is 10.1 Å². The zero-order valence-corrected chi connectivity index (χ0v) is 15.1. The molecule has 4 nitrogen and oxygen atoms in total. The van der Waals surface area contributed by atoms with Crippen molar-refractivity contribution in [1.29, 1.82) is 0 Å². The number of rotatable bonds is 3. The number of fused-ring (bicyclic) bond motifs is 1. The number of esters is 1. The lowest BCUT2D eigenvalue weighted by Gasteiger charge is -2.33. The highest BCUT2D eigenvalue weighted by molar-refractivity contribution is 7.17. The number of carbonyl (C=O) groups is 2. The van der Waals surface area contributed by atoms with Gasteiger partial charge in [-0.2, -0.15) is 0 Å². The first-order valence-electron chi connectivity index (χ1n) is 8.35. The van der Waals surface area contributed by atoms with Crippen LogP contribution in [-0.2, 0) is 22.4 Å². The molecule has 2 aliphatic rings. The lowest BCUT2D eigenvalue weighted by atomic mass is 9.72. The van der Waals surface area contributed by atoms with Gasteiger partial charge in [0.1, 0.15) is 5.00 Å². The largest absolute Gasteiger partial charge is 0.465 e. The van der Waals surface area contributed by atoms with Crippen LogP contribution in [0.1, 0.15) is 60.8 Å². The number of carbonyl (C=O) groups excluding carboxylic acids is 2. The summed E-state index contributed by atoms with van der Waals surface area (Å²) in [5, 5.41) is 3.67. The maximum atomic E-state index is 12.2. The number of thiophene rings is 1. The molecule has 0 aliphatic heterocycles. The Bertz CT molecular complexity index is 637. The molecule has 23 heavy (non-hydrogen) atoms. The van der Waals surface area contributed by atoms with E-state index in [1.165, 1.54) is 12.0 Å². The average molecular weight is 335 g/mol. The Morgan fingerprint density at radius 1 is 1.22 bits per heavy atom. The zero-order valence-electron chi connectivity index (χ0n) is 14.3. The lowest BCUT2D eigenvalue weighted by molar-refractivity contribution is -0.117. The summed E-state index contributed by atoms with van der Waals surface area (Å²) >= 11 is 1.57.